The molecule has 0 bridgehead atoms. The van der Waals surface area contributed by atoms with Crippen LogP contribution >= 0.6 is 28.1 Å². The summed E-state index contributed by atoms with van der Waals surface area (Å²) in [5.74, 6) is 1.38. The average Bonchev–Trinajstić information content (AvgIpc) is 2.95. The Labute approximate surface area is 146 Å². The van der Waals surface area contributed by atoms with Gasteiger partial charge in [0.2, 0.25) is 4.77 Å². The number of benzene rings is 2. The summed E-state index contributed by atoms with van der Waals surface area (Å²) in [4.78, 5) is 0. The quantitative estimate of drug-likeness (QED) is 0.536. The number of nitrogens with one attached hydrogen (secondary N) is 1. The molecule has 0 atom stereocenters. The zero-order valence-corrected chi connectivity index (χ0v) is 14.6. The van der Waals surface area contributed by atoms with Crippen molar-refractivity contribution in [1.82, 2.24) is 14.9 Å². The largest absolute Gasteiger partial charge is 0.497 e. The van der Waals surface area contributed by atoms with Crippen LogP contribution in [0.4, 0.5) is 0 Å². The lowest BCUT2D eigenvalue weighted by atomic mass is 10.2. The van der Waals surface area contributed by atoms with Crippen molar-refractivity contribution in [3.63, 3.8) is 0 Å². The molecule has 1 heterocycles. The summed E-state index contributed by atoms with van der Waals surface area (Å²) < 4.78 is 8.28. The van der Waals surface area contributed by atoms with Gasteiger partial charge in [0.1, 0.15) is 5.75 Å². The number of halogens is 1. The van der Waals surface area contributed by atoms with Gasteiger partial charge in [-0.05, 0) is 42.0 Å². The van der Waals surface area contributed by atoms with Crippen LogP contribution in [0.2, 0.25) is 0 Å². The third kappa shape index (κ3) is 3.57. The topological polar surface area (TPSA) is 55.2 Å². The number of aromatic amines is 1. The molecule has 7 heteroatoms. The molecule has 0 aliphatic heterocycles. The molecule has 0 fully saturated rings. The van der Waals surface area contributed by atoms with Crippen LogP contribution < -0.4 is 4.74 Å². The SMILES string of the molecule is COc1cccc(-c2n[nH]c(=S)n2/N=C/c2ccc(Br)cc2)c1. The van der Waals surface area contributed by atoms with Crippen molar-refractivity contribution in [2.75, 3.05) is 7.11 Å². The van der Waals surface area contributed by atoms with Crippen molar-refractivity contribution >= 4 is 34.4 Å². The van der Waals surface area contributed by atoms with Crippen LogP contribution in [-0.4, -0.2) is 28.2 Å². The van der Waals surface area contributed by atoms with Crippen LogP contribution in [0, 0.1) is 4.77 Å². The Morgan fingerprint density at radius 3 is 2.78 bits per heavy atom. The molecule has 0 amide bonds. The van der Waals surface area contributed by atoms with Crippen molar-refractivity contribution in [2.45, 2.75) is 0 Å². The van der Waals surface area contributed by atoms with Crippen LogP contribution in [0.1, 0.15) is 5.56 Å². The summed E-state index contributed by atoms with van der Waals surface area (Å²) in [5.41, 5.74) is 1.83. The van der Waals surface area contributed by atoms with E-state index in [1.54, 1.807) is 18.0 Å². The van der Waals surface area contributed by atoms with E-state index in [-0.39, 0.29) is 0 Å². The third-order valence-corrected chi connectivity index (χ3v) is 3.96. The maximum absolute atomic E-state index is 5.26. The molecule has 0 aliphatic rings. The monoisotopic (exact) mass is 388 g/mol. The minimum Gasteiger partial charge on any atom is -0.497 e. The number of H-pyrrole nitrogens is 1. The molecule has 0 radical (unpaired) electrons. The van der Waals surface area contributed by atoms with Gasteiger partial charge in [-0.25, -0.2) is 5.10 Å². The van der Waals surface area contributed by atoms with Crippen molar-refractivity contribution in [3.8, 4) is 17.1 Å². The predicted octanol–water partition coefficient (Wildman–Crippen LogP) is 4.26. The molecule has 2 aromatic carbocycles. The molecule has 0 spiro atoms. The van der Waals surface area contributed by atoms with E-state index in [0.717, 1.165) is 21.3 Å². The molecule has 3 rings (SSSR count). The third-order valence-electron chi connectivity index (χ3n) is 3.17. The highest BCUT2D eigenvalue weighted by atomic mass is 79.9. The van der Waals surface area contributed by atoms with Crippen LogP contribution in [0.5, 0.6) is 5.75 Å². The molecular weight excluding hydrogens is 376 g/mol. The lowest BCUT2D eigenvalue weighted by Gasteiger charge is -2.03. The van der Waals surface area contributed by atoms with Crippen LogP contribution in [0.15, 0.2) is 58.1 Å². The maximum atomic E-state index is 5.26. The predicted molar refractivity (Wildman–Crippen MR) is 96.5 cm³/mol. The van der Waals surface area contributed by atoms with Crippen molar-refractivity contribution in [2.24, 2.45) is 5.10 Å². The fourth-order valence-electron chi connectivity index (χ4n) is 2.02. The lowest BCUT2D eigenvalue weighted by Crippen LogP contribution is -1.95. The molecule has 116 valence electrons. The first-order chi connectivity index (χ1) is 11.2. The number of rotatable bonds is 4. The number of hydrogen-bond acceptors (Lipinski definition) is 4. The summed E-state index contributed by atoms with van der Waals surface area (Å²) in [6.07, 6.45) is 1.74. The van der Waals surface area contributed by atoms with Gasteiger partial charge < -0.3 is 4.74 Å². The second kappa shape index (κ2) is 6.89. The smallest absolute Gasteiger partial charge is 0.216 e. The molecule has 1 aromatic heterocycles. The first kappa shape index (κ1) is 15.6. The number of hydrogen-bond donors (Lipinski definition) is 1. The molecule has 1 N–H and O–H groups in total. The second-order valence-electron chi connectivity index (χ2n) is 4.69. The summed E-state index contributed by atoms with van der Waals surface area (Å²) >= 11 is 8.67. The van der Waals surface area contributed by atoms with E-state index in [1.165, 1.54) is 0 Å². The molecule has 0 saturated carbocycles. The van der Waals surface area contributed by atoms with Gasteiger partial charge in [-0.2, -0.15) is 14.9 Å². The van der Waals surface area contributed by atoms with Crippen LogP contribution in [-0.2, 0) is 0 Å². The van der Waals surface area contributed by atoms with E-state index in [1.807, 2.05) is 48.5 Å². The molecule has 0 saturated heterocycles. The molecule has 23 heavy (non-hydrogen) atoms. The molecule has 0 unspecified atom stereocenters. The highest BCUT2D eigenvalue weighted by molar-refractivity contribution is 9.10. The van der Waals surface area contributed by atoms with E-state index in [4.69, 9.17) is 17.0 Å². The van der Waals surface area contributed by atoms with E-state index in [9.17, 15) is 0 Å². The maximum Gasteiger partial charge on any atom is 0.216 e. The van der Waals surface area contributed by atoms with E-state index >= 15 is 0 Å². The van der Waals surface area contributed by atoms with Crippen LogP contribution in [0.25, 0.3) is 11.4 Å². The van der Waals surface area contributed by atoms with Gasteiger partial charge in [-0.15, -0.1) is 0 Å². The number of methoxy groups -OCH3 is 1. The highest BCUT2D eigenvalue weighted by Gasteiger charge is 2.08. The van der Waals surface area contributed by atoms with Crippen molar-refractivity contribution in [1.29, 1.82) is 0 Å². The average molecular weight is 389 g/mol. The summed E-state index contributed by atoms with van der Waals surface area (Å²) in [6, 6.07) is 15.4. The highest BCUT2D eigenvalue weighted by Crippen LogP contribution is 2.22. The standard InChI is InChI=1S/C16H13BrN4OS/c1-22-14-4-2-3-12(9-14)15-19-20-16(23)21(15)18-10-11-5-7-13(17)8-6-11/h2-10H,1H3,(H,20,23)/b18-10+. The van der Waals surface area contributed by atoms with Gasteiger partial charge in [0.15, 0.2) is 5.82 Å². The minimum atomic E-state index is 0.427. The second-order valence-corrected chi connectivity index (χ2v) is 5.99. The number of nitrogens with zero attached hydrogens (tertiary/aromatic N) is 3. The van der Waals surface area contributed by atoms with Crippen molar-refractivity contribution < 1.29 is 4.74 Å². The Balaban J connectivity index is 1.98. The van der Waals surface area contributed by atoms with E-state index in [0.29, 0.717) is 10.6 Å². The molecule has 0 aliphatic carbocycles. The first-order valence-electron chi connectivity index (χ1n) is 6.79. The Hall–Kier alpha value is -2.25. The Morgan fingerprint density at radius 2 is 2.04 bits per heavy atom. The Kier molecular flexibility index (Phi) is 4.68. The zero-order valence-electron chi connectivity index (χ0n) is 12.2. The van der Waals surface area contributed by atoms with Gasteiger partial charge in [0.05, 0.1) is 13.3 Å². The first-order valence-corrected chi connectivity index (χ1v) is 7.99. The van der Waals surface area contributed by atoms with Gasteiger partial charge in [0.25, 0.3) is 0 Å². The summed E-state index contributed by atoms with van der Waals surface area (Å²) in [6.45, 7) is 0. The number of aromatic nitrogens is 3. The van der Waals surface area contributed by atoms with Crippen molar-refractivity contribution in [3.05, 3.63) is 63.3 Å². The molecular formula is C16H13BrN4OS. The lowest BCUT2D eigenvalue weighted by molar-refractivity contribution is 0.415. The normalized spacial score (nSPS) is 11.0. The molecule has 3 aromatic rings. The van der Waals surface area contributed by atoms with Gasteiger partial charge in [-0.1, -0.05) is 40.2 Å². The summed E-state index contributed by atoms with van der Waals surface area (Å²) in [7, 11) is 1.63. The van der Waals surface area contributed by atoms with Gasteiger partial charge in [0, 0.05) is 10.0 Å². The minimum absolute atomic E-state index is 0.427. The zero-order chi connectivity index (χ0) is 16.2. The Morgan fingerprint density at radius 1 is 1.26 bits per heavy atom. The van der Waals surface area contributed by atoms with Gasteiger partial charge >= 0.3 is 0 Å². The fourth-order valence-corrected chi connectivity index (χ4v) is 2.46. The van der Waals surface area contributed by atoms with Crippen LogP contribution in [0.3, 0.4) is 0 Å². The molecule has 5 nitrogen and oxygen atoms in total. The van der Waals surface area contributed by atoms with E-state index in [2.05, 4.69) is 31.2 Å². The van der Waals surface area contributed by atoms with Gasteiger partial charge in [-0.3, -0.25) is 0 Å². The fraction of sp³-hybridized carbons (Fsp3) is 0.0625. The Bertz CT molecular complexity index is 899. The summed E-state index contributed by atoms with van der Waals surface area (Å²) in [5, 5.41) is 11.5. The van der Waals surface area contributed by atoms with E-state index < -0.39 is 0 Å². The number of ether oxygens (including phenoxy) is 1.